The molecule has 0 N–H and O–H groups in total. The first-order chi connectivity index (χ1) is 11.1. The van der Waals surface area contributed by atoms with Gasteiger partial charge in [0.2, 0.25) is 0 Å². The normalized spacial score (nSPS) is 51.3. The lowest BCUT2D eigenvalue weighted by atomic mass is 9.50. The van der Waals surface area contributed by atoms with Crippen LogP contribution in [0.1, 0.15) is 58.3 Å². The van der Waals surface area contributed by atoms with Gasteiger partial charge in [0.25, 0.3) is 0 Å². The third-order valence-corrected chi connectivity index (χ3v) is 8.31. The molecule has 1 spiro atoms. The van der Waals surface area contributed by atoms with Crippen LogP contribution in [0.15, 0.2) is 23.8 Å². The minimum absolute atomic E-state index is 0.0429. The van der Waals surface area contributed by atoms with Crippen LogP contribution in [0.3, 0.4) is 0 Å². The van der Waals surface area contributed by atoms with Gasteiger partial charge in [-0.25, -0.2) is 0 Å². The second kappa shape index (κ2) is 4.81. The van der Waals surface area contributed by atoms with E-state index in [1.165, 1.54) is 44.1 Å². The molecule has 3 saturated carbocycles. The van der Waals surface area contributed by atoms with E-state index in [0.717, 1.165) is 37.2 Å². The van der Waals surface area contributed by atoms with Gasteiger partial charge in [-0.2, -0.15) is 0 Å². The van der Waals surface area contributed by atoms with Crippen LogP contribution in [0, 0.1) is 29.1 Å². The zero-order valence-corrected chi connectivity index (χ0v) is 14.2. The Morgan fingerprint density at radius 1 is 1.09 bits per heavy atom. The number of carbonyl (C=O) groups excluding carboxylic acids is 1. The molecule has 0 bridgehead atoms. The monoisotopic (exact) mass is 312 g/mol. The van der Waals surface area contributed by atoms with Crippen LogP contribution in [0.2, 0.25) is 0 Å². The molecule has 0 saturated heterocycles. The summed E-state index contributed by atoms with van der Waals surface area (Å²) < 4.78 is 6.31. The third-order valence-electron chi connectivity index (χ3n) is 8.31. The van der Waals surface area contributed by atoms with E-state index in [4.69, 9.17) is 4.74 Å². The number of rotatable bonds is 0. The molecule has 124 valence electrons. The Bertz CT molecular complexity index is 603. The van der Waals surface area contributed by atoms with Crippen LogP contribution >= 0.6 is 0 Å². The highest BCUT2D eigenvalue weighted by atomic mass is 16.5. The SMILES string of the molecule is C[C@]12CCC3C4CCC(=O)C=C4CCC3C1CCC21C=CCO1. The predicted molar refractivity (Wildman–Crippen MR) is 89.9 cm³/mol. The summed E-state index contributed by atoms with van der Waals surface area (Å²) in [5.74, 6) is 3.61. The molecule has 23 heavy (non-hydrogen) atoms. The number of hydrogen-bond acceptors (Lipinski definition) is 2. The van der Waals surface area contributed by atoms with Gasteiger partial charge in [0.05, 0.1) is 12.2 Å². The minimum atomic E-state index is 0.0429. The lowest BCUT2D eigenvalue weighted by molar-refractivity contribution is -0.118. The molecule has 3 fully saturated rings. The van der Waals surface area contributed by atoms with Crippen molar-refractivity contribution in [2.45, 2.75) is 63.9 Å². The van der Waals surface area contributed by atoms with Gasteiger partial charge in [-0.05, 0) is 74.7 Å². The molecule has 4 aliphatic carbocycles. The van der Waals surface area contributed by atoms with Gasteiger partial charge in [-0.3, -0.25) is 4.79 Å². The van der Waals surface area contributed by atoms with Crippen molar-refractivity contribution in [3.05, 3.63) is 23.8 Å². The van der Waals surface area contributed by atoms with Gasteiger partial charge in [0.15, 0.2) is 5.78 Å². The predicted octanol–water partition coefficient (Wildman–Crippen LogP) is 4.45. The summed E-state index contributed by atoms with van der Waals surface area (Å²) in [5.41, 5.74) is 1.88. The van der Waals surface area contributed by atoms with Crippen molar-refractivity contribution in [3.63, 3.8) is 0 Å². The fourth-order valence-corrected chi connectivity index (χ4v) is 7.21. The highest BCUT2D eigenvalue weighted by molar-refractivity contribution is 5.91. The molecule has 6 atom stereocenters. The maximum Gasteiger partial charge on any atom is 0.155 e. The molecule has 0 amide bonds. The molecule has 2 heteroatoms. The number of carbonyl (C=O) groups is 1. The zero-order valence-electron chi connectivity index (χ0n) is 14.2. The average molecular weight is 312 g/mol. The van der Waals surface area contributed by atoms with Crippen molar-refractivity contribution >= 4 is 5.78 Å². The highest BCUT2D eigenvalue weighted by Gasteiger charge is 2.63. The topological polar surface area (TPSA) is 26.3 Å². The van der Waals surface area contributed by atoms with Crippen LogP contribution in [0.4, 0.5) is 0 Å². The van der Waals surface area contributed by atoms with E-state index < -0.39 is 0 Å². The molecule has 5 aliphatic rings. The Hall–Kier alpha value is -0.890. The number of fused-ring (bicyclic) bond motifs is 6. The van der Waals surface area contributed by atoms with Gasteiger partial charge < -0.3 is 4.74 Å². The first-order valence-corrected chi connectivity index (χ1v) is 9.68. The summed E-state index contributed by atoms with van der Waals surface area (Å²) in [6.45, 7) is 3.33. The van der Waals surface area contributed by atoms with E-state index in [0.29, 0.717) is 17.1 Å². The van der Waals surface area contributed by atoms with Crippen molar-refractivity contribution in [2.75, 3.05) is 6.61 Å². The Balaban J connectivity index is 1.47. The third kappa shape index (κ3) is 1.82. The highest BCUT2D eigenvalue weighted by Crippen LogP contribution is 2.66. The summed E-state index contributed by atoms with van der Waals surface area (Å²) in [4.78, 5) is 11.8. The Labute approximate surface area is 139 Å². The van der Waals surface area contributed by atoms with Crippen LogP contribution < -0.4 is 0 Å². The summed E-state index contributed by atoms with van der Waals surface area (Å²) >= 11 is 0. The first-order valence-electron chi connectivity index (χ1n) is 9.68. The van der Waals surface area contributed by atoms with E-state index in [9.17, 15) is 4.79 Å². The summed E-state index contributed by atoms with van der Waals surface area (Å²) in [6.07, 6.45) is 16.3. The fourth-order valence-electron chi connectivity index (χ4n) is 7.21. The smallest absolute Gasteiger partial charge is 0.155 e. The molecule has 0 aromatic heterocycles. The van der Waals surface area contributed by atoms with Crippen LogP contribution in [-0.2, 0) is 9.53 Å². The largest absolute Gasteiger partial charge is 0.366 e. The van der Waals surface area contributed by atoms with Crippen LogP contribution in [0.25, 0.3) is 0 Å². The maximum atomic E-state index is 11.8. The molecule has 0 aromatic carbocycles. The first kappa shape index (κ1) is 14.5. The lowest BCUT2D eigenvalue weighted by Gasteiger charge is -2.55. The van der Waals surface area contributed by atoms with Gasteiger partial charge in [0.1, 0.15) is 0 Å². The number of hydrogen-bond donors (Lipinski definition) is 0. The van der Waals surface area contributed by atoms with Gasteiger partial charge >= 0.3 is 0 Å². The second-order valence-electron chi connectivity index (χ2n) is 8.90. The Morgan fingerprint density at radius 3 is 2.83 bits per heavy atom. The molecular weight excluding hydrogens is 284 g/mol. The van der Waals surface area contributed by atoms with Crippen molar-refractivity contribution in [1.82, 2.24) is 0 Å². The maximum absolute atomic E-state index is 11.8. The number of ketones is 1. The van der Waals surface area contributed by atoms with Crippen LogP contribution in [-0.4, -0.2) is 18.0 Å². The fraction of sp³-hybridized carbons (Fsp3) is 0.762. The molecule has 1 aliphatic heterocycles. The number of ether oxygens (including phenoxy) is 1. The Kier molecular flexibility index (Phi) is 3.03. The van der Waals surface area contributed by atoms with Crippen LogP contribution in [0.5, 0.6) is 0 Å². The summed E-state index contributed by atoms with van der Waals surface area (Å²) in [7, 11) is 0. The molecule has 0 radical (unpaired) electrons. The van der Waals surface area contributed by atoms with E-state index >= 15 is 0 Å². The zero-order chi connectivity index (χ0) is 15.7. The molecule has 2 nitrogen and oxygen atoms in total. The molecule has 5 rings (SSSR count). The van der Waals surface area contributed by atoms with Gasteiger partial charge in [-0.15, -0.1) is 0 Å². The lowest BCUT2D eigenvalue weighted by Crippen LogP contribution is -2.52. The van der Waals surface area contributed by atoms with Crippen molar-refractivity contribution in [3.8, 4) is 0 Å². The minimum Gasteiger partial charge on any atom is -0.366 e. The Morgan fingerprint density at radius 2 is 2.00 bits per heavy atom. The number of allylic oxidation sites excluding steroid dienone is 1. The van der Waals surface area contributed by atoms with Crippen molar-refractivity contribution in [2.24, 2.45) is 29.1 Å². The summed E-state index contributed by atoms with van der Waals surface area (Å²) in [5, 5.41) is 0. The second-order valence-corrected chi connectivity index (χ2v) is 8.90. The van der Waals surface area contributed by atoms with E-state index in [1.807, 2.05) is 6.08 Å². The quantitative estimate of drug-likeness (QED) is 0.618. The van der Waals surface area contributed by atoms with Gasteiger partial charge in [0, 0.05) is 11.8 Å². The van der Waals surface area contributed by atoms with Gasteiger partial charge in [-0.1, -0.05) is 24.6 Å². The molecule has 5 unspecified atom stereocenters. The van der Waals surface area contributed by atoms with E-state index in [-0.39, 0.29) is 5.60 Å². The molecule has 0 aromatic rings. The van der Waals surface area contributed by atoms with Crippen molar-refractivity contribution < 1.29 is 9.53 Å². The summed E-state index contributed by atoms with van der Waals surface area (Å²) in [6, 6.07) is 0. The molecule has 1 heterocycles. The van der Waals surface area contributed by atoms with Crippen molar-refractivity contribution in [1.29, 1.82) is 0 Å². The van der Waals surface area contributed by atoms with E-state index in [2.05, 4.69) is 19.1 Å². The van der Waals surface area contributed by atoms with E-state index in [1.54, 1.807) is 0 Å². The molecular formula is C21H28O2. The average Bonchev–Trinajstić information content (AvgIpc) is 3.14. The standard InChI is InChI=1S/C21H28O2/c1-20-10-7-17-16-6-4-15(22)13-14(16)3-5-18(17)19(20)8-11-21(20)9-2-12-23-21/h2,9,13,16-19H,3-8,10-12H2,1H3/t16?,17?,18?,19?,20-,21?/m0/s1.